The highest BCUT2D eigenvalue weighted by molar-refractivity contribution is 5.33. The fourth-order valence-corrected chi connectivity index (χ4v) is 1.56. The zero-order valence-electron chi connectivity index (χ0n) is 9.40. The zero-order valence-corrected chi connectivity index (χ0v) is 9.40. The van der Waals surface area contributed by atoms with Gasteiger partial charge in [0.05, 0.1) is 13.2 Å². The fraction of sp³-hybridized carbons (Fsp3) is 0.500. The molecule has 0 aromatic heterocycles. The summed E-state index contributed by atoms with van der Waals surface area (Å²) in [5.41, 5.74) is 6.77. The molecule has 1 unspecified atom stereocenters. The predicted molar refractivity (Wildman–Crippen MR) is 61.2 cm³/mol. The van der Waals surface area contributed by atoms with Crippen molar-refractivity contribution in [1.82, 2.24) is 0 Å². The Kier molecular flexibility index (Phi) is 5.15. The molecular formula is C12H19NO2. The highest BCUT2D eigenvalue weighted by atomic mass is 16.5. The van der Waals surface area contributed by atoms with Crippen LogP contribution in [0.3, 0.4) is 0 Å². The molecule has 1 atom stereocenters. The van der Waals surface area contributed by atoms with Crippen molar-refractivity contribution in [3.63, 3.8) is 0 Å². The third kappa shape index (κ3) is 3.53. The van der Waals surface area contributed by atoms with E-state index in [-0.39, 0.29) is 6.10 Å². The van der Waals surface area contributed by atoms with Crippen molar-refractivity contribution in [1.29, 1.82) is 0 Å². The number of methoxy groups -OCH3 is 2. The Bertz CT molecular complexity index is 285. The Morgan fingerprint density at radius 1 is 1.27 bits per heavy atom. The van der Waals surface area contributed by atoms with E-state index >= 15 is 0 Å². The Hall–Kier alpha value is -1.06. The first-order valence-corrected chi connectivity index (χ1v) is 5.16. The average molecular weight is 209 g/mol. The summed E-state index contributed by atoms with van der Waals surface area (Å²) in [7, 11) is 3.38. The van der Waals surface area contributed by atoms with Crippen LogP contribution in [0.15, 0.2) is 24.3 Å². The summed E-state index contributed by atoms with van der Waals surface area (Å²) < 4.78 is 10.5. The number of nitrogens with two attached hydrogens (primary N) is 1. The normalized spacial score (nSPS) is 12.5. The molecule has 0 aliphatic carbocycles. The second-order valence-corrected chi connectivity index (χ2v) is 3.44. The van der Waals surface area contributed by atoms with Crippen LogP contribution in [0.1, 0.15) is 12.0 Å². The number of hydrogen-bond donors (Lipinski definition) is 1. The van der Waals surface area contributed by atoms with Crippen molar-refractivity contribution in [2.75, 3.05) is 20.8 Å². The average Bonchev–Trinajstić information content (AvgIpc) is 2.31. The number of aryl methyl sites for hydroxylation is 1. The fourth-order valence-electron chi connectivity index (χ4n) is 1.56. The monoisotopic (exact) mass is 209 g/mol. The maximum absolute atomic E-state index is 5.56. The van der Waals surface area contributed by atoms with Crippen LogP contribution < -0.4 is 10.5 Å². The molecule has 1 rings (SSSR count). The molecule has 0 saturated carbocycles. The van der Waals surface area contributed by atoms with Gasteiger partial charge in [0.1, 0.15) is 5.75 Å². The van der Waals surface area contributed by atoms with Crippen molar-refractivity contribution in [2.24, 2.45) is 5.73 Å². The Balaban J connectivity index is 2.56. The molecule has 0 radical (unpaired) electrons. The van der Waals surface area contributed by atoms with Gasteiger partial charge in [-0.3, -0.25) is 0 Å². The highest BCUT2D eigenvalue weighted by Crippen LogP contribution is 2.19. The first kappa shape index (κ1) is 12.0. The maximum Gasteiger partial charge on any atom is 0.122 e. The van der Waals surface area contributed by atoms with Crippen LogP contribution in [-0.4, -0.2) is 26.9 Å². The number of para-hydroxylation sites is 1. The minimum atomic E-state index is 0.134. The van der Waals surface area contributed by atoms with Gasteiger partial charge in [-0.2, -0.15) is 0 Å². The van der Waals surface area contributed by atoms with E-state index in [1.54, 1.807) is 14.2 Å². The van der Waals surface area contributed by atoms with Crippen LogP contribution in [0.5, 0.6) is 5.75 Å². The Morgan fingerprint density at radius 3 is 2.60 bits per heavy atom. The molecule has 84 valence electrons. The molecule has 0 fully saturated rings. The van der Waals surface area contributed by atoms with Crippen LogP contribution in [0.2, 0.25) is 0 Å². The van der Waals surface area contributed by atoms with Crippen LogP contribution >= 0.6 is 0 Å². The van der Waals surface area contributed by atoms with Gasteiger partial charge in [0, 0.05) is 13.7 Å². The molecule has 0 bridgehead atoms. The largest absolute Gasteiger partial charge is 0.496 e. The van der Waals surface area contributed by atoms with E-state index in [4.69, 9.17) is 15.2 Å². The van der Waals surface area contributed by atoms with Gasteiger partial charge in [0.2, 0.25) is 0 Å². The lowest BCUT2D eigenvalue weighted by molar-refractivity contribution is 0.102. The molecule has 0 amide bonds. The van der Waals surface area contributed by atoms with Crippen molar-refractivity contribution < 1.29 is 9.47 Å². The van der Waals surface area contributed by atoms with Crippen molar-refractivity contribution >= 4 is 0 Å². The number of ether oxygens (including phenoxy) is 2. The second kappa shape index (κ2) is 6.43. The van der Waals surface area contributed by atoms with Crippen LogP contribution in [0.25, 0.3) is 0 Å². The van der Waals surface area contributed by atoms with E-state index < -0.39 is 0 Å². The Labute approximate surface area is 91.2 Å². The van der Waals surface area contributed by atoms with Crippen LogP contribution in [0, 0.1) is 0 Å². The summed E-state index contributed by atoms with van der Waals surface area (Å²) in [6, 6.07) is 8.03. The van der Waals surface area contributed by atoms with E-state index in [1.807, 2.05) is 18.2 Å². The molecule has 3 heteroatoms. The summed E-state index contributed by atoms with van der Waals surface area (Å²) in [5.74, 6) is 0.935. The number of rotatable bonds is 6. The second-order valence-electron chi connectivity index (χ2n) is 3.44. The first-order valence-electron chi connectivity index (χ1n) is 5.16. The lowest BCUT2D eigenvalue weighted by Gasteiger charge is -2.13. The molecule has 0 heterocycles. The van der Waals surface area contributed by atoms with Gasteiger partial charge in [0.25, 0.3) is 0 Å². The molecule has 0 saturated heterocycles. The van der Waals surface area contributed by atoms with Gasteiger partial charge in [-0.25, -0.2) is 0 Å². The molecular weight excluding hydrogens is 190 g/mol. The van der Waals surface area contributed by atoms with E-state index in [1.165, 1.54) is 5.56 Å². The maximum atomic E-state index is 5.56. The summed E-state index contributed by atoms with van der Waals surface area (Å²) in [5, 5.41) is 0. The van der Waals surface area contributed by atoms with E-state index in [9.17, 15) is 0 Å². The molecule has 15 heavy (non-hydrogen) atoms. The summed E-state index contributed by atoms with van der Waals surface area (Å²) in [6.07, 6.45) is 1.99. The molecule has 1 aromatic rings. The molecule has 1 aromatic carbocycles. The minimum Gasteiger partial charge on any atom is -0.496 e. The quantitative estimate of drug-likeness (QED) is 0.774. The molecule has 2 N–H and O–H groups in total. The van der Waals surface area contributed by atoms with Gasteiger partial charge < -0.3 is 15.2 Å². The molecule has 0 spiro atoms. The number of hydrogen-bond acceptors (Lipinski definition) is 3. The van der Waals surface area contributed by atoms with Crippen molar-refractivity contribution in [2.45, 2.75) is 18.9 Å². The van der Waals surface area contributed by atoms with Crippen LogP contribution in [-0.2, 0) is 11.2 Å². The van der Waals surface area contributed by atoms with Gasteiger partial charge in [0.15, 0.2) is 0 Å². The third-order valence-electron chi connectivity index (χ3n) is 2.52. The van der Waals surface area contributed by atoms with Gasteiger partial charge in [-0.05, 0) is 24.5 Å². The SMILES string of the molecule is COc1ccccc1CCC(CN)OC. The van der Waals surface area contributed by atoms with E-state index in [0.717, 1.165) is 18.6 Å². The third-order valence-corrected chi connectivity index (χ3v) is 2.52. The van der Waals surface area contributed by atoms with Crippen LogP contribution in [0.4, 0.5) is 0 Å². The first-order chi connectivity index (χ1) is 7.31. The van der Waals surface area contributed by atoms with E-state index in [2.05, 4.69) is 6.07 Å². The summed E-state index contributed by atoms with van der Waals surface area (Å²) in [6.45, 7) is 0.561. The number of benzene rings is 1. The minimum absolute atomic E-state index is 0.134. The summed E-state index contributed by atoms with van der Waals surface area (Å²) >= 11 is 0. The highest BCUT2D eigenvalue weighted by Gasteiger charge is 2.07. The van der Waals surface area contributed by atoms with Crippen molar-refractivity contribution in [3.8, 4) is 5.75 Å². The zero-order chi connectivity index (χ0) is 11.1. The predicted octanol–water partition coefficient (Wildman–Crippen LogP) is 1.60. The summed E-state index contributed by atoms with van der Waals surface area (Å²) in [4.78, 5) is 0. The van der Waals surface area contributed by atoms with Gasteiger partial charge in [-0.15, -0.1) is 0 Å². The standard InChI is InChI=1S/C12H19NO2/c1-14-11(9-13)8-7-10-5-3-4-6-12(10)15-2/h3-6,11H,7-9,13H2,1-2H3. The van der Waals surface area contributed by atoms with Crippen molar-refractivity contribution in [3.05, 3.63) is 29.8 Å². The topological polar surface area (TPSA) is 44.5 Å². The lowest BCUT2D eigenvalue weighted by atomic mass is 10.1. The molecule has 0 aliphatic heterocycles. The van der Waals surface area contributed by atoms with E-state index in [0.29, 0.717) is 6.54 Å². The molecule has 0 aliphatic rings. The Morgan fingerprint density at radius 2 is 2.00 bits per heavy atom. The smallest absolute Gasteiger partial charge is 0.122 e. The van der Waals surface area contributed by atoms with Gasteiger partial charge in [-0.1, -0.05) is 18.2 Å². The molecule has 3 nitrogen and oxygen atoms in total. The lowest BCUT2D eigenvalue weighted by Crippen LogP contribution is -2.22. The van der Waals surface area contributed by atoms with Gasteiger partial charge >= 0.3 is 0 Å².